The van der Waals surface area contributed by atoms with Gasteiger partial charge in [-0.3, -0.25) is 0 Å². The van der Waals surface area contributed by atoms with Gasteiger partial charge in [0.25, 0.3) is 0 Å². The number of halogens is 5. The maximum atomic E-state index is 13.9. The summed E-state index contributed by atoms with van der Waals surface area (Å²) in [5, 5.41) is 4.90. The predicted molar refractivity (Wildman–Crippen MR) is 98.7 cm³/mol. The third-order valence-corrected chi connectivity index (χ3v) is 5.31. The lowest BCUT2D eigenvalue weighted by Crippen LogP contribution is -2.11. The SMILES string of the molecule is NS(=O)(=O)c1ccc(-c2ccc(C(F)(F)F)cc2-c2ccc(Cl)c(F)c2)cc1. The maximum Gasteiger partial charge on any atom is 0.416 e. The predicted octanol–water partition coefficient (Wildman–Crippen LogP) is 5.48. The summed E-state index contributed by atoms with van der Waals surface area (Å²) in [6.07, 6.45) is -4.59. The molecule has 0 saturated heterocycles. The fraction of sp³-hybridized carbons (Fsp3) is 0.0526. The second kappa shape index (κ2) is 7.20. The van der Waals surface area contributed by atoms with Crippen molar-refractivity contribution in [3.05, 3.63) is 77.1 Å². The van der Waals surface area contributed by atoms with Gasteiger partial charge in [-0.2, -0.15) is 13.2 Å². The van der Waals surface area contributed by atoms with E-state index in [9.17, 15) is 26.0 Å². The van der Waals surface area contributed by atoms with Gasteiger partial charge in [-0.05, 0) is 58.7 Å². The Hall–Kier alpha value is -2.42. The molecule has 3 aromatic rings. The van der Waals surface area contributed by atoms with Crippen LogP contribution in [-0.2, 0) is 16.2 Å². The van der Waals surface area contributed by atoms with Gasteiger partial charge in [-0.15, -0.1) is 0 Å². The van der Waals surface area contributed by atoms with Crippen LogP contribution in [-0.4, -0.2) is 8.42 Å². The maximum absolute atomic E-state index is 13.9. The second-order valence-corrected chi connectivity index (χ2v) is 7.93. The molecular formula is C19H12ClF4NO2S. The minimum atomic E-state index is -4.59. The van der Waals surface area contributed by atoms with Crippen molar-refractivity contribution in [1.29, 1.82) is 0 Å². The molecule has 3 rings (SSSR count). The molecule has 0 saturated carbocycles. The molecule has 0 aromatic heterocycles. The van der Waals surface area contributed by atoms with E-state index in [1.807, 2.05) is 0 Å². The summed E-state index contributed by atoms with van der Waals surface area (Å²) in [5.74, 6) is -0.771. The van der Waals surface area contributed by atoms with Crippen LogP contribution in [0, 0.1) is 5.82 Å². The number of primary sulfonamides is 1. The van der Waals surface area contributed by atoms with Crippen LogP contribution < -0.4 is 5.14 Å². The first-order valence-electron chi connectivity index (χ1n) is 7.77. The monoisotopic (exact) mass is 429 g/mol. The van der Waals surface area contributed by atoms with E-state index in [-0.39, 0.29) is 21.0 Å². The number of hydrogen-bond acceptors (Lipinski definition) is 2. The molecule has 3 aromatic carbocycles. The molecule has 0 atom stereocenters. The van der Waals surface area contributed by atoms with Crippen LogP contribution in [0.1, 0.15) is 5.56 Å². The molecule has 0 fully saturated rings. The van der Waals surface area contributed by atoms with Crippen LogP contribution in [0.3, 0.4) is 0 Å². The first-order chi connectivity index (χ1) is 13.0. The van der Waals surface area contributed by atoms with Crippen molar-refractivity contribution >= 4 is 21.6 Å². The van der Waals surface area contributed by atoms with E-state index < -0.39 is 27.6 Å². The lowest BCUT2D eigenvalue weighted by Gasteiger charge is -2.15. The fourth-order valence-corrected chi connectivity index (χ4v) is 3.33. The van der Waals surface area contributed by atoms with E-state index >= 15 is 0 Å². The Morgan fingerprint density at radius 2 is 1.43 bits per heavy atom. The van der Waals surface area contributed by atoms with E-state index in [1.54, 1.807) is 0 Å². The van der Waals surface area contributed by atoms with Crippen LogP contribution in [0.4, 0.5) is 17.6 Å². The molecule has 2 N–H and O–H groups in total. The van der Waals surface area contributed by atoms with E-state index in [4.69, 9.17) is 16.7 Å². The highest BCUT2D eigenvalue weighted by Gasteiger charge is 2.31. The molecule has 0 bridgehead atoms. The van der Waals surface area contributed by atoms with Crippen molar-refractivity contribution in [3.63, 3.8) is 0 Å². The quantitative estimate of drug-likeness (QED) is 0.560. The minimum Gasteiger partial charge on any atom is -0.225 e. The average Bonchev–Trinajstić information content (AvgIpc) is 2.62. The van der Waals surface area contributed by atoms with Crippen LogP contribution in [0.25, 0.3) is 22.3 Å². The van der Waals surface area contributed by atoms with Gasteiger partial charge in [-0.1, -0.05) is 35.9 Å². The molecule has 0 aliphatic heterocycles. The fourth-order valence-electron chi connectivity index (χ4n) is 2.70. The van der Waals surface area contributed by atoms with Gasteiger partial charge >= 0.3 is 6.18 Å². The Bertz CT molecular complexity index is 1140. The lowest BCUT2D eigenvalue weighted by molar-refractivity contribution is -0.137. The Balaban J connectivity index is 2.21. The van der Waals surface area contributed by atoms with Gasteiger partial charge in [0.15, 0.2) is 0 Å². The first kappa shape index (κ1) is 20.3. The normalized spacial score (nSPS) is 12.2. The third kappa shape index (κ3) is 4.19. The zero-order valence-corrected chi connectivity index (χ0v) is 15.5. The Morgan fingerprint density at radius 3 is 1.96 bits per heavy atom. The highest BCUT2D eigenvalue weighted by molar-refractivity contribution is 7.89. The van der Waals surface area contributed by atoms with Crippen molar-refractivity contribution in [2.24, 2.45) is 5.14 Å². The van der Waals surface area contributed by atoms with Gasteiger partial charge in [0.05, 0.1) is 15.5 Å². The topological polar surface area (TPSA) is 60.2 Å². The molecule has 0 unspecified atom stereocenters. The van der Waals surface area contributed by atoms with E-state index in [2.05, 4.69) is 0 Å². The van der Waals surface area contributed by atoms with Gasteiger partial charge in [0.1, 0.15) is 5.82 Å². The zero-order chi connectivity index (χ0) is 20.7. The molecule has 9 heteroatoms. The van der Waals surface area contributed by atoms with Crippen molar-refractivity contribution in [3.8, 4) is 22.3 Å². The van der Waals surface area contributed by atoms with Crippen LogP contribution in [0.2, 0.25) is 5.02 Å². The van der Waals surface area contributed by atoms with Crippen LogP contribution >= 0.6 is 11.6 Å². The Kier molecular flexibility index (Phi) is 5.22. The molecule has 0 aliphatic rings. The molecule has 146 valence electrons. The highest BCUT2D eigenvalue weighted by atomic mass is 35.5. The number of alkyl halides is 3. The molecular weight excluding hydrogens is 418 g/mol. The van der Waals surface area contributed by atoms with Gasteiger partial charge in [0, 0.05) is 0 Å². The van der Waals surface area contributed by atoms with E-state index in [0.29, 0.717) is 11.1 Å². The number of benzene rings is 3. The zero-order valence-electron chi connectivity index (χ0n) is 14.0. The summed E-state index contributed by atoms with van der Waals surface area (Å²) in [7, 11) is -3.91. The van der Waals surface area contributed by atoms with E-state index in [1.165, 1.54) is 42.5 Å². The lowest BCUT2D eigenvalue weighted by atomic mass is 9.92. The van der Waals surface area contributed by atoms with Gasteiger partial charge in [0.2, 0.25) is 10.0 Å². The first-order valence-corrected chi connectivity index (χ1v) is 9.69. The summed E-state index contributed by atoms with van der Waals surface area (Å²) >= 11 is 5.67. The van der Waals surface area contributed by atoms with Gasteiger partial charge < -0.3 is 0 Å². The molecule has 0 heterocycles. The second-order valence-electron chi connectivity index (χ2n) is 5.96. The van der Waals surface area contributed by atoms with Crippen molar-refractivity contribution < 1.29 is 26.0 Å². The number of hydrogen-bond donors (Lipinski definition) is 1. The van der Waals surface area contributed by atoms with Gasteiger partial charge in [-0.25, -0.2) is 17.9 Å². The molecule has 28 heavy (non-hydrogen) atoms. The molecule has 3 nitrogen and oxygen atoms in total. The van der Waals surface area contributed by atoms with Crippen molar-refractivity contribution in [2.45, 2.75) is 11.1 Å². The molecule has 0 spiro atoms. The number of sulfonamides is 1. The third-order valence-electron chi connectivity index (χ3n) is 4.07. The standard InChI is InChI=1S/C19H12ClF4NO2S/c20-17-8-3-12(9-18(17)21)16-10-13(19(22,23)24)4-7-15(16)11-1-5-14(6-2-11)28(25,26)27/h1-10H,(H2,25,26,27). The average molecular weight is 430 g/mol. The minimum absolute atomic E-state index is 0.119. The molecule has 0 amide bonds. The van der Waals surface area contributed by atoms with Crippen LogP contribution in [0.15, 0.2) is 65.6 Å². The number of rotatable bonds is 3. The van der Waals surface area contributed by atoms with E-state index in [0.717, 1.165) is 18.2 Å². The highest BCUT2D eigenvalue weighted by Crippen LogP contribution is 2.39. The summed E-state index contributed by atoms with van der Waals surface area (Å²) in [6, 6.07) is 12.1. The summed E-state index contributed by atoms with van der Waals surface area (Å²) in [4.78, 5) is -0.137. The molecule has 0 radical (unpaired) electrons. The smallest absolute Gasteiger partial charge is 0.225 e. The van der Waals surface area contributed by atoms with Crippen molar-refractivity contribution in [1.82, 2.24) is 0 Å². The summed E-state index contributed by atoms with van der Waals surface area (Å²) in [5.41, 5.74) is 0.206. The summed E-state index contributed by atoms with van der Waals surface area (Å²) in [6.45, 7) is 0. The van der Waals surface area contributed by atoms with Crippen LogP contribution in [0.5, 0.6) is 0 Å². The molecule has 0 aliphatic carbocycles. The Morgan fingerprint density at radius 1 is 0.821 bits per heavy atom. The van der Waals surface area contributed by atoms with Crippen molar-refractivity contribution in [2.75, 3.05) is 0 Å². The summed E-state index contributed by atoms with van der Waals surface area (Å²) < 4.78 is 76.2. The Labute approximate surface area is 163 Å². The number of nitrogens with two attached hydrogens (primary N) is 1. The largest absolute Gasteiger partial charge is 0.416 e.